The monoisotopic (exact) mass is 876 g/mol. The van der Waals surface area contributed by atoms with E-state index < -0.39 is 6.85 Å². The SMILES string of the molecule is [2H]C([2H])([2H])c1ccc2c(c1)c1ccc(Oc3[c-]c(-n4[c-][n+](-c5ccc(C(C)(C)C)cc5-c5ccccc5)cc4)ccc3)[c-]c1n2-c1cc(C(C)(C)C)ccn1.[Pt]. The Bertz CT molecular complexity index is 2700. The van der Waals surface area contributed by atoms with Crippen molar-refractivity contribution in [1.29, 1.82) is 0 Å². The number of fused-ring (bicyclic) bond motifs is 3. The van der Waals surface area contributed by atoms with Gasteiger partial charge in [0.05, 0.1) is 5.69 Å². The summed E-state index contributed by atoms with van der Waals surface area (Å²) in [5.74, 6) is 1.73. The van der Waals surface area contributed by atoms with E-state index in [1.807, 2.05) is 80.8 Å². The van der Waals surface area contributed by atoms with Crippen molar-refractivity contribution < 1.29 is 34.5 Å². The van der Waals surface area contributed by atoms with Crippen LogP contribution in [0.15, 0.2) is 128 Å². The number of aromatic nitrogens is 4. The van der Waals surface area contributed by atoms with Crippen molar-refractivity contribution >= 4 is 21.8 Å². The average Bonchev–Trinajstić information content (AvgIpc) is 3.77. The Morgan fingerprint density at radius 1 is 0.736 bits per heavy atom. The van der Waals surface area contributed by atoms with Crippen LogP contribution in [0.4, 0.5) is 0 Å². The van der Waals surface area contributed by atoms with Gasteiger partial charge in [0.25, 0.3) is 6.33 Å². The molecule has 8 aromatic rings. The number of ether oxygens (including phenoxy) is 1. The summed E-state index contributed by atoms with van der Waals surface area (Å²) in [4.78, 5) is 4.76. The zero-order chi connectivity index (χ0) is 38.7. The second-order valence-corrected chi connectivity index (χ2v) is 15.3. The number of hydrogen-bond donors (Lipinski definition) is 0. The second kappa shape index (κ2) is 13.9. The van der Waals surface area contributed by atoms with Crippen molar-refractivity contribution in [3.8, 4) is 39.8 Å². The fourth-order valence-corrected chi connectivity index (χ4v) is 6.63. The molecule has 0 aliphatic rings. The van der Waals surface area contributed by atoms with Crippen molar-refractivity contribution in [2.45, 2.75) is 59.2 Å². The first kappa shape index (κ1) is 32.4. The van der Waals surface area contributed by atoms with Gasteiger partial charge in [-0.1, -0.05) is 107 Å². The second-order valence-electron chi connectivity index (χ2n) is 15.3. The minimum atomic E-state index is -2.24. The maximum absolute atomic E-state index is 8.06. The van der Waals surface area contributed by atoms with E-state index in [1.165, 1.54) is 5.56 Å². The molecule has 0 fully saturated rings. The molecule has 0 saturated heterocycles. The number of hydrogen-bond acceptors (Lipinski definition) is 2. The Morgan fingerprint density at radius 2 is 1.51 bits per heavy atom. The summed E-state index contributed by atoms with van der Waals surface area (Å²) in [6.07, 6.45) is 9.27. The molecule has 0 amide bonds. The average molecular weight is 877 g/mol. The Labute approximate surface area is 331 Å². The first-order valence-electron chi connectivity index (χ1n) is 19.0. The van der Waals surface area contributed by atoms with Crippen LogP contribution < -0.4 is 9.30 Å². The zero-order valence-electron chi connectivity index (χ0n) is 33.6. The third-order valence-corrected chi connectivity index (χ3v) is 9.51. The van der Waals surface area contributed by atoms with Gasteiger partial charge in [0.2, 0.25) is 0 Å². The van der Waals surface area contributed by atoms with Crippen LogP contribution in [-0.4, -0.2) is 14.1 Å². The van der Waals surface area contributed by atoms with E-state index in [9.17, 15) is 0 Å². The van der Waals surface area contributed by atoms with Crippen LogP contribution in [0.5, 0.6) is 11.5 Å². The van der Waals surface area contributed by atoms with Gasteiger partial charge >= 0.3 is 0 Å². The van der Waals surface area contributed by atoms with E-state index in [2.05, 4.69) is 109 Å². The van der Waals surface area contributed by atoms with Crippen molar-refractivity contribution in [3.05, 3.63) is 163 Å². The Kier molecular flexibility index (Phi) is 8.53. The van der Waals surface area contributed by atoms with Crippen LogP contribution in [0.3, 0.4) is 0 Å². The molecule has 5 nitrogen and oxygen atoms in total. The molecule has 268 valence electrons. The molecule has 0 radical (unpaired) electrons. The summed E-state index contributed by atoms with van der Waals surface area (Å²) in [5.41, 5.74) is 8.22. The molecule has 6 heteroatoms. The molecule has 5 aromatic carbocycles. The van der Waals surface area contributed by atoms with E-state index in [0.717, 1.165) is 55.7 Å². The van der Waals surface area contributed by atoms with Crippen molar-refractivity contribution in [2.24, 2.45) is 0 Å². The molecule has 0 atom stereocenters. The third kappa shape index (κ3) is 7.11. The van der Waals surface area contributed by atoms with Gasteiger partial charge in [0.1, 0.15) is 5.82 Å². The van der Waals surface area contributed by atoms with Crippen LogP contribution in [0.2, 0.25) is 0 Å². The number of pyridine rings is 1. The fraction of sp³-hybridized carbons (Fsp3) is 0.191. The molecule has 0 N–H and O–H groups in total. The smallest absolute Gasteiger partial charge is 0.267 e. The van der Waals surface area contributed by atoms with Crippen molar-refractivity contribution in [1.82, 2.24) is 14.1 Å². The fourth-order valence-electron chi connectivity index (χ4n) is 6.63. The molecule has 3 heterocycles. The van der Waals surface area contributed by atoms with Crippen molar-refractivity contribution in [2.75, 3.05) is 0 Å². The van der Waals surface area contributed by atoms with E-state index in [0.29, 0.717) is 11.5 Å². The van der Waals surface area contributed by atoms with Crippen molar-refractivity contribution in [3.63, 3.8) is 0 Å². The summed E-state index contributed by atoms with van der Waals surface area (Å²) in [7, 11) is 0. The molecular formula is C47H42N4OPt-2. The Morgan fingerprint density at radius 3 is 2.28 bits per heavy atom. The molecule has 53 heavy (non-hydrogen) atoms. The maximum Gasteiger partial charge on any atom is 0.267 e. The standard InChI is InChI=1S/C47H42N4O.Pt/c1-32-16-20-43-41(26-32)39-19-18-38(30-44(39)51(43)45-28-35(22-23-48-45)47(5,6)7)52-37-15-11-14-36(29-37)49-24-25-50(31-49)42-21-17-34(46(2,3)4)27-40(42)33-12-9-8-10-13-33;/h8-28H,1-7H3;/q-2;/i1D3;. The molecule has 0 aliphatic carbocycles. The number of benzene rings is 5. The number of rotatable bonds is 6. The molecule has 8 rings (SSSR count). The molecule has 0 saturated carbocycles. The van der Waals surface area contributed by atoms with Gasteiger partial charge in [-0.15, -0.1) is 29.7 Å². The van der Waals surface area contributed by atoms with Gasteiger partial charge in [0.15, 0.2) is 0 Å². The van der Waals surface area contributed by atoms with Crippen LogP contribution in [-0.2, 0) is 31.9 Å². The van der Waals surface area contributed by atoms with Gasteiger partial charge in [0, 0.05) is 60.8 Å². The predicted molar refractivity (Wildman–Crippen MR) is 210 cm³/mol. The van der Waals surface area contributed by atoms with Crippen LogP contribution >= 0.6 is 0 Å². The van der Waals surface area contributed by atoms with Crippen LogP contribution in [0, 0.1) is 25.3 Å². The first-order valence-corrected chi connectivity index (χ1v) is 17.5. The van der Waals surface area contributed by atoms with Gasteiger partial charge in [-0.2, -0.15) is 18.2 Å². The maximum atomic E-state index is 8.06. The number of imidazole rings is 1. The first-order chi connectivity index (χ1) is 26.1. The summed E-state index contributed by atoms with van der Waals surface area (Å²) >= 11 is 0. The Hall–Kier alpha value is -5.25. The topological polar surface area (TPSA) is 35.9 Å². The molecular weight excluding hydrogens is 832 g/mol. The van der Waals surface area contributed by atoms with Gasteiger partial charge in [-0.25, -0.2) is 4.98 Å². The van der Waals surface area contributed by atoms with Gasteiger partial charge in [-0.3, -0.25) is 4.57 Å². The molecule has 0 spiro atoms. The molecule has 0 unspecified atom stereocenters. The van der Waals surface area contributed by atoms with E-state index >= 15 is 0 Å². The third-order valence-electron chi connectivity index (χ3n) is 9.51. The molecule has 0 aliphatic heterocycles. The van der Waals surface area contributed by atoms with Gasteiger partial charge < -0.3 is 13.9 Å². The summed E-state index contributed by atoms with van der Waals surface area (Å²) in [6, 6.07) is 42.9. The van der Waals surface area contributed by atoms with Crippen LogP contribution in [0.25, 0.3) is 50.1 Å². The largest absolute Gasteiger partial charge is 0.510 e. The molecule has 0 bridgehead atoms. The summed E-state index contributed by atoms with van der Waals surface area (Å²) in [6.45, 7) is 11.0. The molecule has 3 aromatic heterocycles. The quantitative estimate of drug-likeness (QED) is 0.123. The van der Waals surface area contributed by atoms with Crippen LogP contribution in [0.1, 0.15) is 62.3 Å². The number of nitrogens with zero attached hydrogens (tertiary/aromatic N) is 4. The minimum absolute atomic E-state index is 0. The summed E-state index contributed by atoms with van der Waals surface area (Å²) < 4.78 is 36.6. The van der Waals surface area contributed by atoms with E-state index in [-0.39, 0.29) is 37.5 Å². The van der Waals surface area contributed by atoms with E-state index in [1.54, 1.807) is 12.1 Å². The normalized spacial score (nSPS) is 13.0. The number of aryl methyl sites for hydroxylation is 1. The van der Waals surface area contributed by atoms with E-state index in [4.69, 9.17) is 13.8 Å². The zero-order valence-corrected chi connectivity index (χ0v) is 32.9. The Balaban J connectivity index is 0.00000480. The van der Waals surface area contributed by atoms with Gasteiger partial charge in [-0.05, 0) is 75.3 Å². The summed E-state index contributed by atoms with van der Waals surface area (Å²) in [5, 5.41) is 1.66. The predicted octanol–water partition coefficient (Wildman–Crippen LogP) is 11.0. The minimum Gasteiger partial charge on any atom is -0.510 e.